The smallest absolute Gasteiger partial charge is 0.269 e. The van der Waals surface area contributed by atoms with Crippen molar-refractivity contribution in [1.82, 2.24) is 4.90 Å². The van der Waals surface area contributed by atoms with E-state index in [1.165, 1.54) is 12.1 Å². The number of nitrogens with one attached hydrogen (secondary N) is 1. The number of benzene rings is 2. The number of amides is 1. The van der Waals surface area contributed by atoms with Crippen molar-refractivity contribution in [2.75, 3.05) is 32.1 Å². The summed E-state index contributed by atoms with van der Waals surface area (Å²) in [5.41, 5.74) is 4.20. The van der Waals surface area contributed by atoms with Crippen LogP contribution in [-0.4, -0.2) is 42.5 Å². The summed E-state index contributed by atoms with van der Waals surface area (Å²) in [5.74, 6) is 0.892. The van der Waals surface area contributed by atoms with E-state index in [2.05, 4.69) is 10.2 Å². The van der Waals surface area contributed by atoms with Gasteiger partial charge in [0.2, 0.25) is 5.91 Å². The predicted molar refractivity (Wildman–Crippen MR) is 108 cm³/mol. The molecule has 0 aromatic heterocycles. The molecule has 7 heteroatoms. The van der Waals surface area contributed by atoms with Crippen molar-refractivity contribution in [2.24, 2.45) is 0 Å². The van der Waals surface area contributed by atoms with E-state index in [4.69, 9.17) is 4.74 Å². The lowest BCUT2D eigenvalue weighted by molar-refractivity contribution is -0.384. The average Bonchev–Trinajstić information content (AvgIpc) is 2.68. The Labute approximate surface area is 164 Å². The van der Waals surface area contributed by atoms with Gasteiger partial charge < -0.3 is 15.0 Å². The van der Waals surface area contributed by atoms with Crippen molar-refractivity contribution in [3.63, 3.8) is 0 Å². The third kappa shape index (κ3) is 4.86. The van der Waals surface area contributed by atoms with Gasteiger partial charge in [-0.1, -0.05) is 18.2 Å². The first-order chi connectivity index (χ1) is 13.4. The standard InChI is InChI=1S/C21H25N3O4/c1-15-3-9-19(18-8-10-20(25)22-21(15)18)28-14-13-23(2)12-11-16-4-6-17(7-5-16)24(26)27/h3-7,9H,8,10-14H2,1-2H3,(H,22,25). The highest BCUT2D eigenvalue weighted by atomic mass is 16.6. The fourth-order valence-corrected chi connectivity index (χ4v) is 3.27. The van der Waals surface area contributed by atoms with Crippen LogP contribution in [0.15, 0.2) is 36.4 Å². The molecule has 1 heterocycles. The molecule has 2 aromatic rings. The van der Waals surface area contributed by atoms with Crippen LogP contribution in [0.25, 0.3) is 0 Å². The Morgan fingerprint density at radius 1 is 1.14 bits per heavy atom. The van der Waals surface area contributed by atoms with Crippen molar-refractivity contribution in [3.05, 3.63) is 63.2 Å². The molecule has 7 nitrogen and oxygen atoms in total. The third-order valence-corrected chi connectivity index (χ3v) is 5.00. The summed E-state index contributed by atoms with van der Waals surface area (Å²) < 4.78 is 5.99. The van der Waals surface area contributed by atoms with Crippen molar-refractivity contribution >= 4 is 17.3 Å². The summed E-state index contributed by atoms with van der Waals surface area (Å²) in [6.07, 6.45) is 2.01. The Morgan fingerprint density at radius 3 is 2.61 bits per heavy atom. The van der Waals surface area contributed by atoms with Crippen molar-refractivity contribution in [3.8, 4) is 5.75 Å². The normalized spacial score (nSPS) is 13.2. The van der Waals surface area contributed by atoms with Gasteiger partial charge in [0.1, 0.15) is 12.4 Å². The molecule has 0 fully saturated rings. The van der Waals surface area contributed by atoms with E-state index >= 15 is 0 Å². The Morgan fingerprint density at radius 2 is 1.89 bits per heavy atom. The molecular weight excluding hydrogens is 358 g/mol. The summed E-state index contributed by atoms with van der Waals surface area (Å²) in [6, 6.07) is 10.6. The minimum absolute atomic E-state index is 0.0544. The zero-order valence-electron chi connectivity index (χ0n) is 16.2. The fourth-order valence-electron chi connectivity index (χ4n) is 3.27. The maximum Gasteiger partial charge on any atom is 0.269 e. The van der Waals surface area contributed by atoms with Crippen LogP contribution in [0.4, 0.5) is 11.4 Å². The molecule has 1 aliphatic rings. The molecule has 0 unspecified atom stereocenters. The first-order valence-corrected chi connectivity index (χ1v) is 9.41. The first kappa shape index (κ1) is 19.8. The van der Waals surface area contributed by atoms with Crippen LogP contribution >= 0.6 is 0 Å². The van der Waals surface area contributed by atoms with Crippen molar-refractivity contribution in [2.45, 2.75) is 26.2 Å². The Balaban J connectivity index is 1.48. The lowest BCUT2D eigenvalue weighted by atomic mass is 9.98. The van der Waals surface area contributed by atoms with E-state index < -0.39 is 0 Å². The molecule has 1 aliphatic heterocycles. The largest absolute Gasteiger partial charge is 0.492 e. The molecule has 2 aromatic carbocycles. The van der Waals surface area contributed by atoms with Gasteiger partial charge in [-0.2, -0.15) is 0 Å². The minimum atomic E-state index is -0.386. The van der Waals surface area contributed by atoms with E-state index in [-0.39, 0.29) is 16.5 Å². The van der Waals surface area contributed by atoms with Crippen LogP contribution in [0.2, 0.25) is 0 Å². The number of nitrogens with zero attached hydrogens (tertiary/aromatic N) is 2. The highest BCUT2D eigenvalue weighted by Crippen LogP contribution is 2.34. The maximum atomic E-state index is 11.6. The SMILES string of the molecule is Cc1ccc(OCCN(C)CCc2ccc([N+](=O)[O-])cc2)c2c1NC(=O)CC2. The zero-order valence-corrected chi connectivity index (χ0v) is 16.2. The number of anilines is 1. The number of non-ortho nitro benzene ring substituents is 1. The fraction of sp³-hybridized carbons (Fsp3) is 0.381. The van der Waals surface area contributed by atoms with E-state index in [0.29, 0.717) is 19.4 Å². The molecule has 0 aliphatic carbocycles. The Kier molecular flexibility index (Phi) is 6.26. The van der Waals surface area contributed by atoms with Gasteiger partial charge in [-0.25, -0.2) is 0 Å². The zero-order chi connectivity index (χ0) is 20.1. The van der Waals surface area contributed by atoms with Gasteiger partial charge in [0, 0.05) is 37.2 Å². The van der Waals surface area contributed by atoms with Gasteiger partial charge in [-0.05, 0) is 44.0 Å². The number of carbonyl (C=O) groups is 1. The van der Waals surface area contributed by atoms with Crippen molar-refractivity contribution in [1.29, 1.82) is 0 Å². The van der Waals surface area contributed by atoms with E-state index in [1.807, 2.05) is 26.1 Å². The number of nitro groups is 1. The average molecular weight is 383 g/mol. The molecule has 28 heavy (non-hydrogen) atoms. The number of ether oxygens (including phenoxy) is 1. The van der Waals surface area contributed by atoms with Gasteiger partial charge in [-0.3, -0.25) is 14.9 Å². The summed E-state index contributed by atoms with van der Waals surface area (Å²) >= 11 is 0. The van der Waals surface area contributed by atoms with Crippen molar-refractivity contribution < 1.29 is 14.5 Å². The number of carbonyl (C=O) groups excluding carboxylic acids is 1. The molecule has 0 bridgehead atoms. The quantitative estimate of drug-likeness (QED) is 0.558. The number of nitro benzene ring substituents is 1. The third-order valence-electron chi connectivity index (χ3n) is 5.00. The molecule has 1 amide bonds. The first-order valence-electron chi connectivity index (χ1n) is 9.41. The van der Waals surface area contributed by atoms with E-state index in [1.54, 1.807) is 12.1 Å². The Bertz CT molecular complexity index is 865. The van der Waals surface area contributed by atoms with Crippen LogP contribution in [0, 0.1) is 17.0 Å². The summed E-state index contributed by atoms with van der Waals surface area (Å²) in [4.78, 5) is 24.1. The second kappa shape index (κ2) is 8.84. The predicted octanol–water partition coefficient (Wildman–Crippen LogP) is 3.34. The topological polar surface area (TPSA) is 84.7 Å². The molecule has 0 saturated carbocycles. The molecule has 0 spiro atoms. The Hall–Kier alpha value is -2.93. The van der Waals surface area contributed by atoms with E-state index in [9.17, 15) is 14.9 Å². The molecular formula is C21H25N3O4. The number of likely N-dealkylation sites (N-methyl/N-ethyl adjacent to an activating group) is 1. The number of fused-ring (bicyclic) bond motifs is 1. The monoisotopic (exact) mass is 383 g/mol. The molecule has 0 saturated heterocycles. The molecule has 148 valence electrons. The summed E-state index contributed by atoms with van der Waals surface area (Å²) in [6.45, 7) is 4.14. The van der Waals surface area contributed by atoms with E-state index in [0.717, 1.165) is 47.6 Å². The van der Waals surface area contributed by atoms with Gasteiger partial charge in [-0.15, -0.1) is 0 Å². The highest BCUT2D eigenvalue weighted by molar-refractivity contribution is 5.95. The lowest BCUT2D eigenvalue weighted by Crippen LogP contribution is -2.27. The van der Waals surface area contributed by atoms with Gasteiger partial charge in [0.15, 0.2) is 0 Å². The van der Waals surface area contributed by atoms with Crippen LogP contribution in [0.1, 0.15) is 23.1 Å². The number of rotatable bonds is 8. The number of aryl methyl sites for hydroxylation is 1. The molecule has 3 rings (SSSR count). The highest BCUT2D eigenvalue weighted by Gasteiger charge is 2.20. The van der Waals surface area contributed by atoms with Crippen LogP contribution in [0.3, 0.4) is 0 Å². The number of hydrogen-bond donors (Lipinski definition) is 1. The minimum Gasteiger partial charge on any atom is -0.492 e. The van der Waals surface area contributed by atoms with Crippen LogP contribution < -0.4 is 10.1 Å². The van der Waals surface area contributed by atoms with Crippen LogP contribution in [-0.2, 0) is 17.6 Å². The molecule has 1 N–H and O–H groups in total. The maximum absolute atomic E-state index is 11.6. The number of hydrogen-bond acceptors (Lipinski definition) is 5. The molecule has 0 radical (unpaired) electrons. The summed E-state index contributed by atoms with van der Waals surface area (Å²) in [5, 5.41) is 13.6. The second-order valence-electron chi connectivity index (χ2n) is 7.11. The molecule has 0 atom stereocenters. The van der Waals surface area contributed by atoms with Gasteiger partial charge in [0.25, 0.3) is 5.69 Å². The van der Waals surface area contributed by atoms with Gasteiger partial charge >= 0.3 is 0 Å². The lowest BCUT2D eigenvalue weighted by Gasteiger charge is -2.23. The van der Waals surface area contributed by atoms with Gasteiger partial charge in [0.05, 0.1) is 10.6 Å². The van der Waals surface area contributed by atoms with Crippen LogP contribution in [0.5, 0.6) is 5.75 Å². The summed E-state index contributed by atoms with van der Waals surface area (Å²) in [7, 11) is 2.03. The second-order valence-corrected chi connectivity index (χ2v) is 7.11.